The monoisotopic (exact) mass is 644 g/mol. The molecule has 0 spiro atoms. The minimum Gasteiger partial charge on any atom is -0.245 e. The van der Waals surface area contributed by atoms with Crippen molar-refractivity contribution in [1.82, 2.24) is 19.9 Å². The van der Waals surface area contributed by atoms with Crippen LogP contribution in [0.25, 0.3) is 88.5 Å². The van der Waals surface area contributed by atoms with Crippen molar-refractivity contribution in [3.8, 4) is 67.5 Å². The summed E-state index contributed by atoms with van der Waals surface area (Å²) in [5.41, 5.74) is 12.7. The molecule has 0 aliphatic rings. The van der Waals surface area contributed by atoms with Crippen LogP contribution in [0.2, 0.25) is 0 Å². The summed E-state index contributed by atoms with van der Waals surface area (Å²) < 4.78 is 1.18. The maximum absolute atomic E-state index is 5.02. The molecule has 0 radical (unpaired) electrons. The van der Waals surface area contributed by atoms with Gasteiger partial charge >= 0.3 is 0 Å². The van der Waals surface area contributed by atoms with Gasteiger partial charge in [-0.15, -0.1) is 11.3 Å². The standard InChI is InChI=1S/C44H28N4S/c1-3-13-30(14-4-1)42-46-43(31-15-5-2-6-16-31)48-44(47-42)34-18-11-17-33(26-34)41-36-20-8-7-12-29(36)22-24-38(41)37-21-10-9-19-35(37)32-23-25-39-40(27-32)49-28-45-39/h1-28H. The van der Waals surface area contributed by atoms with E-state index in [0.29, 0.717) is 17.5 Å². The molecular weight excluding hydrogens is 617 g/mol. The number of rotatable bonds is 6. The number of nitrogens with zero attached hydrogens (tertiary/aromatic N) is 4. The Labute approximate surface area is 288 Å². The summed E-state index contributed by atoms with van der Waals surface area (Å²) >= 11 is 1.67. The molecule has 230 valence electrons. The number of thiazole rings is 1. The lowest BCUT2D eigenvalue weighted by atomic mass is 9.86. The molecule has 0 aliphatic heterocycles. The second kappa shape index (κ2) is 12.4. The second-order valence-electron chi connectivity index (χ2n) is 11.9. The number of benzene rings is 7. The van der Waals surface area contributed by atoms with E-state index in [0.717, 1.165) is 27.8 Å². The molecule has 0 unspecified atom stereocenters. The van der Waals surface area contributed by atoms with Crippen molar-refractivity contribution < 1.29 is 0 Å². The lowest BCUT2D eigenvalue weighted by molar-refractivity contribution is 1.07. The molecule has 0 atom stereocenters. The summed E-state index contributed by atoms with van der Waals surface area (Å²) in [6.07, 6.45) is 0. The van der Waals surface area contributed by atoms with Crippen LogP contribution in [0.5, 0.6) is 0 Å². The van der Waals surface area contributed by atoms with Crippen LogP contribution < -0.4 is 0 Å². The highest BCUT2D eigenvalue weighted by atomic mass is 32.1. The largest absolute Gasteiger partial charge is 0.245 e. The number of hydrogen-bond acceptors (Lipinski definition) is 5. The lowest BCUT2D eigenvalue weighted by Crippen LogP contribution is -2.00. The van der Waals surface area contributed by atoms with Crippen LogP contribution in [-0.4, -0.2) is 19.9 Å². The third-order valence-electron chi connectivity index (χ3n) is 8.90. The molecule has 0 saturated carbocycles. The average Bonchev–Trinajstić information content (AvgIpc) is 3.66. The quantitative estimate of drug-likeness (QED) is 0.181. The fraction of sp³-hybridized carbons (Fsp3) is 0. The Balaban J connectivity index is 1.24. The first-order valence-corrected chi connectivity index (χ1v) is 17.1. The Hall–Kier alpha value is -6.30. The van der Waals surface area contributed by atoms with Crippen molar-refractivity contribution in [2.24, 2.45) is 0 Å². The maximum Gasteiger partial charge on any atom is 0.164 e. The van der Waals surface area contributed by atoms with Gasteiger partial charge in [-0.2, -0.15) is 0 Å². The Morgan fingerprint density at radius 1 is 0.388 bits per heavy atom. The molecule has 0 bridgehead atoms. The maximum atomic E-state index is 5.02. The number of hydrogen-bond donors (Lipinski definition) is 0. The van der Waals surface area contributed by atoms with Gasteiger partial charge in [0.05, 0.1) is 15.7 Å². The van der Waals surface area contributed by atoms with E-state index in [1.807, 2.05) is 66.2 Å². The summed E-state index contributed by atoms with van der Waals surface area (Å²) in [7, 11) is 0. The highest BCUT2D eigenvalue weighted by Crippen LogP contribution is 2.43. The lowest BCUT2D eigenvalue weighted by Gasteiger charge is -2.18. The molecule has 7 aromatic carbocycles. The number of fused-ring (bicyclic) bond motifs is 2. The fourth-order valence-corrected chi connectivity index (χ4v) is 7.27. The molecule has 0 saturated heterocycles. The molecular formula is C44H28N4S. The van der Waals surface area contributed by atoms with Crippen molar-refractivity contribution in [3.05, 3.63) is 169 Å². The average molecular weight is 645 g/mol. The SMILES string of the molecule is c1ccc(-c2nc(-c3ccccc3)nc(-c3cccc(-c4c(-c5ccccc5-c5ccc6ncsc6c5)ccc5ccccc45)c3)n2)cc1. The molecule has 4 nitrogen and oxygen atoms in total. The fourth-order valence-electron chi connectivity index (χ4n) is 6.55. The predicted molar refractivity (Wildman–Crippen MR) is 203 cm³/mol. The molecule has 9 rings (SSSR count). The molecule has 2 heterocycles. The molecule has 49 heavy (non-hydrogen) atoms. The summed E-state index contributed by atoms with van der Waals surface area (Å²) in [6.45, 7) is 0. The molecule has 0 fully saturated rings. The topological polar surface area (TPSA) is 51.6 Å². The van der Waals surface area contributed by atoms with Gasteiger partial charge in [0.25, 0.3) is 0 Å². The Morgan fingerprint density at radius 2 is 1.00 bits per heavy atom. The normalized spacial score (nSPS) is 11.3. The molecule has 9 aromatic rings. The van der Waals surface area contributed by atoms with E-state index in [1.54, 1.807) is 11.3 Å². The van der Waals surface area contributed by atoms with Gasteiger partial charge < -0.3 is 0 Å². The highest BCUT2D eigenvalue weighted by molar-refractivity contribution is 7.16. The van der Waals surface area contributed by atoms with Crippen LogP contribution in [0.4, 0.5) is 0 Å². The zero-order valence-corrected chi connectivity index (χ0v) is 27.2. The van der Waals surface area contributed by atoms with E-state index in [1.165, 1.54) is 43.3 Å². The predicted octanol–water partition coefficient (Wildman–Crippen LogP) is 11.6. The third-order valence-corrected chi connectivity index (χ3v) is 9.69. The van der Waals surface area contributed by atoms with Gasteiger partial charge in [-0.05, 0) is 62.4 Å². The van der Waals surface area contributed by atoms with Crippen molar-refractivity contribution in [1.29, 1.82) is 0 Å². The van der Waals surface area contributed by atoms with Crippen LogP contribution in [0.15, 0.2) is 169 Å². The van der Waals surface area contributed by atoms with Crippen LogP contribution in [0.1, 0.15) is 0 Å². The summed E-state index contributed by atoms with van der Waals surface area (Å²) in [5.74, 6) is 1.93. The van der Waals surface area contributed by atoms with Crippen LogP contribution in [-0.2, 0) is 0 Å². The Kier molecular flexibility index (Phi) is 7.30. The van der Waals surface area contributed by atoms with Crippen molar-refractivity contribution in [2.45, 2.75) is 0 Å². The van der Waals surface area contributed by atoms with E-state index >= 15 is 0 Å². The van der Waals surface area contributed by atoms with Gasteiger partial charge in [-0.3, -0.25) is 0 Å². The van der Waals surface area contributed by atoms with Crippen molar-refractivity contribution in [3.63, 3.8) is 0 Å². The van der Waals surface area contributed by atoms with Crippen LogP contribution >= 0.6 is 11.3 Å². The highest BCUT2D eigenvalue weighted by Gasteiger charge is 2.18. The van der Waals surface area contributed by atoms with E-state index in [4.69, 9.17) is 15.0 Å². The first kappa shape index (κ1) is 28.9. The first-order valence-electron chi connectivity index (χ1n) is 16.2. The van der Waals surface area contributed by atoms with Gasteiger partial charge in [-0.25, -0.2) is 19.9 Å². The van der Waals surface area contributed by atoms with Gasteiger partial charge in [-0.1, -0.05) is 146 Å². The molecule has 0 amide bonds. The van der Waals surface area contributed by atoms with Crippen molar-refractivity contribution >= 4 is 32.3 Å². The minimum atomic E-state index is 0.634. The smallest absolute Gasteiger partial charge is 0.164 e. The van der Waals surface area contributed by atoms with Gasteiger partial charge in [0.1, 0.15) is 0 Å². The summed E-state index contributed by atoms with van der Waals surface area (Å²) in [4.78, 5) is 19.5. The van der Waals surface area contributed by atoms with E-state index in [9.17, 15) is 0 Å². The minimum absolute atomic E-state index is 0.634. The summed E-state index contributed by atoms with van der Waals surface area (Å²) in [6, 6.07) is 57.2. The zero-order valence-electron chi connectivity index (χ0n) is 26.4. The molecule has 5 heteroatoms. The van der Waals surface area contributed by atoms with E-state index in [-0.39, 0.29) is 0 Å². The summed E-state index contributed by atoms with van der Waals surface area (Å²) in [5, 5.41) is 2.38. The van der Waals surface area contributed by atoms with Crippen LogP contribution in [0, 0.1) is 0 Å². The second-order valence-corrected chi connectivity index (χ2v) is 12.8. The zero-order chi connectivity index (χ0) is 32.6. The van der Waals surface area contributed by atoms with Gasteiger partial charge in [0.15, 0.2) is 17.5 Å². The number of aromatic nitrogens is 4. The van der Waals surface area contributed by atoms with E-state index < -0.39 is 0 Å². The Morgan fingerprint density at radius 3 is 1.76 bits per heavy atom. The van der Waals surface area contributed by atoms with Gasteiger partial charge in [0, 0.05) is 16.7 Å². The van der Waals surface area contributed by atoms with Crippen molar-refractivity contribution in [2.75, 3.05) is 0 Å². The molecule has 0 aliphatic carbocycles. The molecule has 0 N–H and O–H groups in total. The van der Waals surface area contributed by atoms with E-state index in [2.05, 4.69) is 108 Å². The van der Waals surface area contributed by atoms with Crippen LogP contribution in [0.3, 0.4) is 0 Å². The first-order chi connectivity index (χ1) is 24.3. The molecule has 2 aromatic heterocycles. The Bertz CT molecular complexity index is 2550. The third kappa shape index (κ3) is 5.46. The van der Waals surface area contributed by atoms with Gasteiger partial charge in [0.2, 0.25) is 0 Å².